The Bertz CT molecular complexity index is 375. The highest BCUT2D eigenvalue weighted by atomic mass is 32.2. The lowest BCUT2D eigenvalue weighted by molar-refractivity contribution is 0.664. The largest absolute Gasteiger partial charge is 0.324 e. The molecule has 15 heavy (non-hydrogen) atoms. The lowest BCUT2D eigenvalue weighted by Crippen LogP contribution is -2.29. The average Bonchev–Trinajstić information content (AvgIpc) is 2.26. The van der Waals surface area contributed by atoms with Crippen molar-refractivity contribution < 1.29 is 0 Å². The maximum absolute atomic E-state index is 4.43. The number of fused-ring (bicyclic) bond motifs is 1. The number of guanidine groups is 1. The molecule has 0 saturated heterocycles. The van der Waals surface area contributed by atoms with Crippen LogP contribution in [0.1, 0.15) is 13.8 Å². The van der Waals surface area contributed by atoms with E-state index in [4.69, 9.17) is 0 Å². The van der Waals surface area contributed by atoms with E-state index in [-0.39, 0.29) is 0 Å². The molecule has 0 radical (unpaired) electrons. The highest BCUT2D eigenvalue weighted by Gasteiger charge is 2.12. The Morgan fingerprint density at radius 3 is 3.20 bits per heavy atom. The van der Waals surface area contributed by atoms with Crippen LogP contribution in [-0.4, -0.2) is 17.5 Å². The third-order valence-corrected chi connectivity index (χ3v) is 2.75. The second kappa shape index (κ2) is 4.53. The number of hydrogen-bond donors (Lipinski definition) is 2. The van der Waals surface area contributed by atoms with Crippen molar-refractivity contribution in [3.8, 4) is 0 Å². The average molecular weight is 222 g/mol. The highest BCUT2D eigenvalue weighted by Crippen LogP contribution is 2.26. The van der Waals surface area contributed by atoms with Gasteiger partial charge in [-0.25, -0.2) is 0 Å². The monoisotopic (exact) mass is 222 g/mol. The predicted molar refractivity (Wildman–Crippen MR) is 64.0 cm³/mol. The second-order valence-corrected chi connectivity index (χ2v) is 4.63. The fourth-order valence-corrected chi connectivity index (χ4v) is 1.83. The van der Waals surface area contributed by atoms with E-state index < -0.39 is 0 Å². The zero-order chi connectivity index (χ0) is 10.7. The van der Waals surface area contributed by atoms with Gasteiger partial charge in [-0.3, -0.25) is 14.7 Å². The van der Waals surface area contributed by atoms with Crippen LogP contribution in [-0.2, 0) is 0 Å². The number of nitrogens with one attached hydrogen (secondary N) is 2. The summed E-state index contributed by atoms with van der Waals surface area (Å²) >= 11 is 1.54. The number of hydrogen-bond acceptors (Lipinski definition) is 3. The Labute approximate surface area is 93.7 Å². The highest BCUT2D eigenvalue weighted by molar-refractivity contribution is 7.98. The van der Waals surface area contributed by atoms with Crippen LogP contribution < -0.4 is 10.0 Å². The first-order valence-corrected chi connectivity index (χ1v) is 5.75. The van der Waals surface area contributed by atoms with E-state index in [2.05, 4.69) is 33.9 Å². The molecule has 1 aliphatic rings. The van der Waals surface area contributed by atoms with E-state index in [1.54, 1.807) is 18.1 Å². The van der Waals surface area contributed by atoms with Crippen molar-refractivity contribution in [3.05, 3.63) is 18.5 Å². The molecule has 0 atom stereocenters. The van der Waals surface area contributed by atoms with Crippen molar-refractivity contribution in [2.45, 2.75) is 18.7 Å². The molecule has 0 aliphatic carbocycles. The molecule has 1 aromatic rings. The molecule has 0 amide bonds. The zero-order valence-electron chi connectivity index (χ0n) is 8.82. The molecular weight excluding hydrogens is 208 g/mol. The summed E-state index contributed by atoms with van der Waals surface area (Å²) in [6, 6.07) is 1.95. The molecule has 0 unspecified atom stereocenters. The fourth-order valence-electron chi connectivity index (χ4n) is 1.17. The number of anilines is 1. The van der Waals surface area contributed by atoms with Crippen molar-refractivity contribution in [2.75, 3.05) is 11.9 Å². The molecule has 2 heterocycles. The summed E-state index contributed by atoms with van der Waals surface area (Å²) < 4.78 is 3.15. The van der Waals surface area contributed by atoms with Gasteiger partial charge in [0.05, 0.1) is 10.6 Å². The van der Waals surface area contributed by atoms with Crippen molar-refractivity contribution in [2.24, 2.45) is 10.9 Å². The summed E-state index contributed by atoms with van der Waals surface area (Å²) in [4.78, 5) is 9.59. The van der Waals surface area contributed by atoms with Crippen LogP contribution in [0.4, 0.5) is 5.69 Å². The minimum Gasteiger partial charge on any atom is -0.324 e. The first kappa shape index (κ1) is 10.3. The summed E-state index contributed by atoms with van der Waals surface area (Å²) in [6.07, 6.45) is 3.61. The van der Waals surface area contributed by atoms with Gasteiger partial charge in [-0.05, 0) is 23.9 Å². The molecule has 1 aliphatic heterocycles. The van der Waals surface area contributed by atoms with Crippen LogP contribution in [0.5, 0.6) is 0 Å². The number of aromatic nitrogens is 1. The third-order valence-electron chi connectivity index (χ3n) is 1.91. The molecule has 0 saturated carbocycles. The van der Waals surface area contributed by atoms with Gasteiger partial charge in [-0.15, -0.1) is 0 Å². The molecule has 80 valence electrons. The summed E-state index contributed by atoms with van der Waals surface area (Å²) in [5.74, 6) is 1.40. The molecule has 5 heteroatoms. The Balaban J connectivity index is 2.08. The minimum absolute atomic E-state index is 0.574. The van der Waals surface area contributed by atoms with Gasteiger partial charge in [-0.2, -0.15) is 0 Å². The quantitative estimate of drug-likeness (QED) is 0.752. The van der Waals surface area contributed by atoms with Crippen LogP contribution in [0.15, 0.2) is 28.3 Å². The lowest BCUT2D eigenvalue weighted by Gasteiger charge is -2.19. The topological polar surface area (TPSA) is 49.3 Å². The van der Waals surface area contributed by atoms with Gasteiger partial charge >= 0.3 is 0 Å². The molecule has 0 fully saturated rings. The van der Waals surface area contributed by atoms with E-state index >= 15 is 0 Å². The van der Waals surface area contributed by atoms with Crippen LogP contribution in [0.2, 0.25) is 0 Å². The van der Waals surface area contributed by atoms with Gasteiger partial charge in [0, 0.05) is 18.9 Å². The molecule has 2 rings (SSSR count). The van der Waals surface area contributed by atoms with Gasteiger partial charge in [0.2, 0.25) is 5.96 Å². The molecule has 1 aromatic heterocycles. The van der Waals surface area contributed by atoms with Crippen molar-refractivity contribution in [1.82, 2.24) is 9.71 Å². The zero-order valence-corrected chi connectivity index (χ0v) is 9.64. The molecule has 0 bridgehead atoms. The Morgan fingerprint density at radius 1 is 1.53 bits per heavy atom. The molecule has 0 aromatic carbocycles. The first-order valence-electron chi connectivity index (χ1n) is 4.94. The standard InChI is InChI=1S/C10H14N4S/c1-7(2)5-12-10-13-8-3-4-11-6-9(8)15-14-10/h3-4,6-7H,5H2,1-2H3,(H2,12,13,14). The summed E-state index contributed by atoms with van der Waals surface area (Å²) in [5, 5.41) is 3.23. The maximum atomic E-state index is 4.43. The van der Waals surface area contributed by atoms with Gasteiger partial charge in [-0.1, -0.05) is 13.8 Å². The second-order valence-electron chi connectivity index (χ2n) is 3.78. The minimum atomic E-state index is 0.574. The molecular formula is C10H14N4S. The smallest absolute Gasteiger partial charge is 0.206 e. The van der Waals surface area contributed by atoms with E-state index in [1.165, 1.54) is 0 Å². The number of rotatable bonds is 2. The Kier molecular flexibility index (Phi) is 3.11. The number of nitrogens with zero attached hydrogens (tertiary/aromatic N) is 2. The van der Waals surface area contributed by atoms with Crippen molar-refractivity contribution in [3.63, 3.8) is 0 Å². The first-order chi connectivity index (χ1) is 7.25. The van der Waals surface area contributed by atoms with Gasteiger partial charge in [0.25, 0.3) is 0 Å². The Hall–Kier alpha value is -1.23. The number of pyridine rings is 1. The molecule has 2 N–H and O–H groups in total. The summed E-state index contributed by atoms with van der Waals surface area (Å²) in [7, 11) is 0. The van der Waals surface area contributed by atoms with Crippen LogP contribution in [0.3, 0.4) is 0 Å². The van der Waals surface area contributed by atoms with Crippen molar-refractivity contribution in [1.29, 1.82) is 0 Å². The Morgan fingerprint density at radius 2 is 2.40 bits per heavy atom. The van der Waals surface area contributed by atoms with Crippen LogP contribution in [0.25, 0.3) is 0 Å². The van der Waals surface area contributed by atoms with E-state index in [0.29, 0.717) is 5.92 Å². The van der Waals surface area contributed by atoms with Gasteiger partial charge in [0.1, 0.15) is 0 Å². The normalized spacial score (nSPS) is 17.1. The third kappa shape index (κ3) is 2.62. The predicted octanol–water partition coefficient (Wildman–Crippen LogP) is 2.12. The summed E-state index contributed by atoms with van der Waals surface area (Å²) in [6.45, 7) is 5.13. The molecule has 4 nitrogen and oxygen atoms in total. The fraction of sp³-hybridized carbons (Fsp3) is 0.400. The summed E-state index contributed by atoms with van der Waals surface area (Å²) in [5.41, 5.74) is 1.07. The van der Waals surface area contributed by atoms with Gasteiger partial charge in [0.15, 0.2) is 0 Å². The van der Waals surface area contributed by atoms with E-state index in [9.17, 15) is 0 Å². The van der Waals surface area contributed by atoms with Crippen LogP contribution >= 0.6 is 11.9 Å². The van der Waals surface area contributed by atoms with Gasteiger partial charge < -0.3 is 5.32 Å². The van der Waals surface area contributed by atoms with Crippen molar-refractivity contribution >= 4 is 23.6 Å². The van der Waals surface area contributed by atoms with Crippen LogP contribution in [0, 0.1) is 5.92 Å². The number of aliphatic imine (C=N–C) groups is 1. The maximum Gasteiger partial charge on any atom is 0.206 e. The van der Waals surface area contributed by atoms with E-state index in [0.717, 1.165) is 23.1 Å². The van der Waals surface area contributed by atoms with E-state index in [1.807, 2.05) is 12.3 Å². The molecule has 0 spiro atoms. The lowest BCUT2D eigenvalue weighted by atomic mass is 10.2. The SMILES string of the molecule is CC(C)CN=C1NSc2cnccc2N1.